The zero-order chi connectivity index (χ0) is 17.0. The molecule has 2 aromatic carbocycles. The fourth-order valence-electron chi connectivity index (χ4n) is 1.87. The standard InChI is InChI=1S/C15H12Cl2N2O4/c1-23-13-5-2-8(14(20)19-22)6-10(13)15(21)18-12-4-3-9(16)7-11(12)17/h2-7,22H,1H3,(H,18,21)(H,19,20). The van der Waals surface area contributed by atoms with Crippen LogP contribution in [0.15, 0.2) is 36.4 Å². The van der Waals surface area contributed by atoms with Gasteiger partial charge >= 0.3 is 0 Å². The maximum absolute atomic E-state index is 12.4. The molecule has 0 aliphatic carbocycles. The number of ether oxygens (including phenoxy) is 1. The number of carbonyl (C=O) groups excluding carboxylic acids is 2. The number of nitrogens with one attached hydrogen (secondary N) is 2. The lowest BCUT2D eigenvalue weighted by Crippen LogP contribution is -2.20. The first-order valence-corrected chi connectivity index (χ1v) is 7.10. The van der Waals surface area contributed by atoms with E-state index in [-0.39, 0.29) is 21.9 Å². The summed E-state index contributed by atoms with van der Waals surface area (Å²) >= 11 is 11.8. The molecule has 23 heavy (non-hydrogen) atoms. The summed E-state index contributed by atoms with van der Waals surface area (Å²) in [5, 5.41) is 12.0. The third kappa shape index (κ3) is 3.92. The van der Waals surface area contributed by atoms with E-state index in [1.54, 1.807) is 12.1 Å². The third-order valence-electron chi connectivity index (χ3n) is 2.99. The van der Waals surface area contributed by atoms with Gasteiger partial charge in [0, 0.05) is 10.6 Å². The SMILES string of the molecule is COc1ccc(C(=O)NO)cc1C(=O)Nc1ccc(Cl)cc1Cl. The molecule has 8 heteroatoms. The molecule has 0 aromatic heterocycles. The quantitative estimate of drug-likeness (QED) is 0.580. The first-order valence-electron chi connectivity index (χ1n) is 6.35. The van der Waals surface area contributed by atoms with Crippen molar-refractivity contribution in [3.63, 3.8) is 0 Å². The molecule has 6 nitrogen and oxygen atoms in total. The molecule has 0 bridgehead atoms. The maximum atomic E-state index is 12.4. The van der Waals surface area contributed by atoms with E-state index in [1.165, 1.54) is 36.9 Å². The summed E-state index contributed by atoms with van der Waals surface area (Å²) in [5.41, 5.74) is 2.07. The fraction of sp³-hybridized carbons (Fsp3) is 0.0667. The Morgan fingerprint density at radius 2 is 1.83 bits per heavy atom. The van der Waals surface area contributed by atoms with Crippen LogP contribution in [0.3, 0.4) is 0 Å². The van der Waals surface area contributed by atoms with E-state index < -0.39 is 11.8 Å². The lowest BCUT2D eigenvalue weighted by Gasteiger charge is -2.12. The first kappa shape index (κ1) is 17.1. The zero-order valence-corrected chi connectivity index (χ0v) is 13.4. The predicted octanol–water partition coefficient (Wildman–Crippen LogP) is 3.37. The van der Waals surface area contributed by atoms with Crippen LogP contribution in [0.1, 0.15) is 20.7 Å². The van der Waals surface area contributed by atoms with Crippen LogP contribution in [-0.2, 0) is 0 Å². The Hall–Kier alpha value is -2.28. The van der Waals surface area contributed by atoms with Crippen molar-refractivity contribution >= 4 is 40.7 Å². The maximum Gasteiger partial charge on any atom is 0.274 e. The van der Waals surface area contributed by atoms with E-state index in [1.807, 2.05) is 0 Å². The molecule has 0 radical (unpaired) electrons. The summed E-state index contributed by atoms with van der Waals surface area (Å²) in [5.74, 6) is -1.01. The Balaban J connectivity index is 2.35. The Morgan fingerprint density at radius 3 is 2.43 bits per heavy atom. The van der Waals surface area contributed by atoms with Crippen molar-refractivity contribution in [3.05, 3.63) is 57.6 Å². The van der Waals surface area contributed by atoms with E-state index >= 15 is 0 Å². The van der Waals surface area contributed by atoms with Gasteiger partial charge in [0.25, 0.3) is 11.8 Å². The second-order valence-electron chi connectivity index (χ2n) is 4.43. The second kappa shape index (κ2) is 7.32. The van der Waals surface area contributed by atoms with Crippen LogP contribution in [0.4, 0.5) is 5.69 Å². The van der Waals surface area contributed by atoms with Gasteiger partial charge in [-0.15, -0.1) is 0 Å². The van der Waals surface area contributed by atoms with Gasteiger partial charge in [-0.3, -0.25) is 14.8 Å². The lowest BCUT2D eigenvalue weighted by molar-refractivity contribution is 0.0706. The molecule has 0 unspecified atom stereocenters. The molecule has 0 atom stereocenters. The summed E-state index contributed by atoms with van der Waals surface area (Å²) in [6.07, 6.45) is 0. The van der Waals surface area contributed by atoms with Crippen LogP contribution in [0.5, 0.6) is 5.75 Å². The Morgan fingerprint density at radius 1 is 1.09 bits per heavy atom. The van der Waals surface area contributed by atoms with Crippen LogP contribution in [0.25, 0.3) is 0 Å². The Kier molecular flexibility index (Phi) is 5.44. The molecule has 2 aromatic rings. The number of hydrogen-bond acceptors (Lipinski definition) is 4. The summed E-state index contributed by atoms with van der Waals surface area (Å²) in [7, 11) is 1.40. The van der Waals surface area contributed by atoms with E-state index in [4.69, 9.17) is 33.1 Å². The smallest absolute Gasteiger partial charge is 0.274 e. The van der Waals surface area contributed by atoms with Crippen LogP contribution in [0.2, 0.25) is 10.0 Å². The van der Waals surface area contributed by atoms with E-state index in [2.05, 4.69) is 5.32 Å². The van der Waals surface area contributed by atoms with Crippen LogP contribution < -0.4 is 15.5 Å². The van der Waals surface area contributed by atoms with Gasteiger partial charge in [0.2, 0.25) is 0 Å². The van der Waals surface area contributed by atoms with Crippen molar-refractivity contribution in [1.82, 2.24) is 5.48 Å². The molecule has 120 valence electrons. The molecule has 0 saturated carbocycles. The van der Waals surface area contributed by atoms with Gasteiger partial charge in [-0.1, -0.05) is 23.2 Å². The number of halogens is 2. The highest BCUT2D eigenvalue weighted by Gasteiger charge is 2.17. The van der Waals surface area contributed by atoms with Gasteiger partial charge in [0.15, 0.2) is 0 Å². The van der Waals surface area contributed by atoms with Crippen LogP contribution in [0, 0.1) is 0 Å². The number of hydrogen-bond donors (Lipinski definition) is 3. The molecule has 0 saturated heterocycles. The topological polar surface area (TPSA) is 87.7 Å². The Labute approximate surface area is 141 Å². The highest BCUT2D eigenvalue weighted by Crippen LogP contribution is 2.27. The van der Waals surface area contributed by atoms with E-state index in [9.17, 15) is 9.59 Å². The third-order valence-corrected chi connectivity index (χ3v) is 3.53. The van der Waals surface area contributed by atoms with Gasteiger partial charge in [-0.05, 0) is 36.4 Å². The molecular weight excluding hydrogens is 343 g/mol. The van der Waals surface area contributed by atoms with Gasteiger partial charge in [0.1, 0.15) is 5.75 Å². The number of hydroxylamine groups is 1. The van der Waals surface area contributed by atoms with Gasteiger partial charge < -0.3 is 10.1 Å². The van der Waals surface area contributed by atoms with Crippen molar-refractivity contribution in [2.45, 2.75) is 0 Å². The highest BCUT2D eigenvalue weighted by atomic mass is 35.5. The number of rotatable bonds is 4. The van der Waals surface area contributed by atoms with Crippen molar-refractivity contribution in [3.8, 4) is 5.75 Å². The van der Waals surface area contributed by atoms with Gasteiger partial charge in [-0.25, -0.2) is 5.48 Å². The number of amides is 2. The lowest BCUT2D eigenvalue weighted by atomic mass is 10.1. The molecule has 0 fully saturated rings. The minimum absolute atomic E-state index is 0.0978. The summed E-state index contributed by atoms with van der Waals surface area (Å²) in [6.45, 7) is 0. The molecule has 0 aliphatic heterocycles. The normalized spacial score (nSPS) is 10.1. The minimum atomic E-state index is -0.744. The second-order valence-corrected chi connectivity index (χ2v) is 5.28. The molecule has 2 rings (SSSR count). The molecule has 2 amide bonds. The predicted molar refractivity (Wildman–Crippen MR) is 86.7 cm³/mol. The van der Waals surface area contributed by atoms with Crippen molar-refractivity contribution in [2.75, 3.05) is 12.4 Å². The Bertz CT molecular complexity index is 765. The molecule has 0 aliphatic rings. The summed E-state index contributed by atoms with van der Waals surface area (Å²) < 4.78 is 5.11. The van der Waals surface area contributed by atoms with Crippen molar-refractivity contribution in [1.29, 1.82) is 0 Å². The average Bonchev–Trinajstić information content (AvgIpc) is 2.55. The number of methoxy groups -OCH3 is 1. The highest BCUT2D eigenvalue weighted by molar-refractivity contribution is 6.36. The largest absolute Gasteiger partial charge is 0.496 e. The monoisotopic (exact) mass is 354 g/mol. The zero-order valence-electron chi connectivity index (χ0n) is 11.9. The summed E-state index contributed by atoms with van der Waals surface area (Å²) in [4.78, 5) is 23.9. The fourth-order valence-corrected chi connectivity index (χ4v) is 2.33. The number of carbonyl (C=O) groups is 2. The average molecular weight is 355 g/mol. The van der Waals surface area contributed by atoms with Crippen molar-refractivity contribution in [2.24, 2.45) is 0 Å². The van der Waals surface area contributed by atoms with Crippen molar-refractivity contribution < 1.29 is 19.5 Å². The van der Waals surface area contributed by atoms with E-state index in [0.29, 0.717) is 10.7 Å². The molecular formula is C15H12Cl2N2O4. The van der Waals surface area contributed by atoms with Gasteiger partial charge in [-0.2, -0.15) is 0 Å². The summed E-state index contributed by atoms with van der Waals surface area (Å²) in [6, 6.07) is 8.78. The van der Waals surface area contributed by atoms with E-state index in [0.717, 1.165) is 0 Å². The van der Waals surface area contributed by atoms with Gasteiger partial charge in [0.05, 0.1) is 23.4 Å². The minimum Gasteiger partial charge on any atom is -0.496 e. The molecule has 0 spiro atoms. The number of benzene rings is 2. The molecule has 3 N–H and O–H groups in total. The van der Waals surface area contributed by atoms with Crippen LogP contribution >= 0.6 is 23.2 Å². The van der Waals surface area contributed by atoms with Crippen LogP contribution in [-0.4, -0.2) is 24.1 Å². The number of anilines is 1. The first-order chi connectivity index (χ1) is 11.0. The molecule has 0 heterocycles.